The normalized spacial score (nSPS) is 23.8. The first-order valence-corrected chi connectivity index (χ1v) is 10.7. The minimum atomic E-state index is -0.528. The summed E-state index contributed by atoms with van der Waals surface area (Å²) in [5.41, 5.74) is -1.61. The van der Waals surface area contributed by atoms with Gasteiger partial charge in [0, 0.05) is 5.72 Å². The van der Waals surface area contributed by atoms with Gasteiger partial charge in [0.25, 0.3) is 0 Å². The highest BCUT2D eigenvalue weighted by Gasteiger charge is 2.61. The molecule has 8 heteroatoms. The van der Waals surface area contributed by atoms with Gasteiger partial charge in [-0.1, -0.05) is 18.2 Å². The Morgan fingerprint density at radius 1 is 0.800 bits per heavy atom. The molecule has 30 heavy (non-hydrogen) atoms. The molecule has 0 aromatic heterocycles. The van der Waals surface area contributed by atoms with Gasteiger partial charge >= 0.3 is 20.2 Å². The molecule has 0 aliphatic carbocycles. The van der Waals surface area contributed by atoms with Crippen molar-refractivity contribution >= 4 is 20.2 Å². The fourth-order valence-corrected chi connectivity index (χ4v) is 3.47. The summed E-state index contributed by atoms with van der Waals surface area (Å²) in [6, 6.07) is 8.97. The van der Waals surface area contributed by atoms with Gasteiger partial charge in [-0.15, -0.1) is 0 Å². The molecule has 0 amide bonds. The topological polar surface area (TPSA) is 63.2 Å². The quantitative estimate of drug-likeness (QED) is 0.509. The summed E-state index contributed by atoms with van der Waals surface area (Å²) in [4.78, 5) is 12.3. The van der Waals surface area contributed by atoms with Crippen molar-refractivity contribution in [1.82, 2.24) is 0 Å². The first-order valence-electron chi connectivity index (χ1n) is 10.7. The highest BCUT2D eigenvalue weighted by Crippen LogP contribution is 2.46. The number of esters is 1. The average molecular weight is 416 g/mol. The van der Waals surface area contributed by atoms with Gasteiger partial charge in [0.2, 0.25) is 0 Å². The molecule has 3 rings (SSSR count). The Balaban J connectivity index is 1.73. The van der Waals surface area contributed by atoms with E-state index in [9.17, 15) is 4.79 Å². The number of rotatable bonds is 6. The molecule has 164 valence electrons. The smallest absolute Gasteiger partial charge is 0.458 e. The van der Waals surface area contributed by atoms with Crippen molar-refractivity contribution in [1.29, 1.82) is 0 Å². The number of hydrogen-bond donors (Lipinski definition) is 0. The standard InChI is InChI=1S/C22H34B2O6/c1-19(2)20(3,4)28-23(27-19)17(24-29-21(5,6)22(7,8)30-24)14-15-26-18(25)16-12-10-9-11-13-16/h9-13,17H,14-15H2,1-8H3. The first kappa shape index (κ1) is 23.3. The summed E-state index contributed by atoms with van der Waals surface area (Å²) in [5.74, 6) is -0.350. The van der Waals surface area contributed by atoms with Gasteiger partial charge in [-0.3, -0.25) is 0 Å². The van der Waals surface area contributed by atoms with Crippen LogP contribution in [-0.2, 0) is 23.4 Å². The van der Waals surface area contributed by atoms with Crippen LogP contribution in [0.5, 0.6) is 0 Å². The van der Waals surface area contributed by atoms with Gasteiger partial charge in [-0.2, -0.15) is 0 Å². The van der Waals surface area contributed by atoms with Crippen LogP contribution in [0.25, 0.3) is 0 Å². The minimum absolute atomic E-state index is 0.215. The average Bonchev–Trinajstić information content (AvgIpc) is 2.98. The van der Waals surface area contributed by atoms with Crippen LogP contribution in [0.15, 0.2) is 30.3 Å². The van der Waals surface area contributed by atoms with E-state index in [1.165, 1.54) is 0 Å². The Hall–Kier alpha value is -1.34. The monoisotopic (exact) mass is 416 g/mol. The molecule has 0 atom stereocenters. The molecule has 0 unspecified atom stereocenters. The van der Waals surface area contributed by atoms with Crippen LogP contribution in [0.1, 0.15) is 72.2 Å². The van der Waals surface area contributed by atoms with E-state index in [0.717, 1.165) is 0 Å². The SMILES string of the molecule is CC1(C)OB(C(CCOC(=O)c2ccccc2)B2OC(C)(C)C(C)(C)O2)OC1(C)C. The zero-order valence-electron chi connectivity index (χ0n) is 19.5. The van der Waals surface area contributed by atoms with Crippen LogP contribution in [0.4, 0.5) is 0 Å². The van der Waals surface area contributed by atoms with E-state index < -0.39 is 36.6 Å². The fourth-order valence-electron chi connectivity index (χ4n) is 3.47. The maximum atomic E-state index is 12.3. The predicted molar refractivity (Wildman–Crippen MR) is 117 cm³/mol. The molecule has 0 bridgehead atoms. The maximum Gasteiger partial charge on any atom is 0.458 e. The molecule has 2 saturated heterocycles. The van der Waals surface area contributed by atoms with E-state index in [-0.39, 0.29) is 18.3 Å². The molecule has 0 spiro atoms. The molecule has 6 nitrogen and oxygen atoms in total. The Labute approximate surface area is 181 Å². The molecule has 0 N–H and O–H groups in total. The van der Waals surface area contributed by atoms with Crippen LogP contribution in [-0.4, -0.2) is 49.2 Å². The Morgan fingerprint density at radius 2 is 1.20 bits per heavy atom. The fraction of sp³-hybridized carbons (Fsp3) is 0.682. The Morgan fingerprint density at radius 3 is 1.60 bits per heavy atom. The van der Waals surface area contributed by atoms with Crippen LogP contribution in [0.3, 0.4) is 0 Å². The molecule has 2 aliphatic heterocycles. The second-order valence-electron chi connectivity index (χ2n) is 10.2. The van der Waals surface area contributed by atoms with Crippen molar-refractivity contribution < 1.29 is 28.1 Å². The van der Waals surface area contributed by atoms with Crippen molar-refractivity contribution in [3.63, 3.8) is 0 Å². The van der Waals surface area contributed by atoms with Crippen molar-refractivity contribution in [2.45, 2.75) is 89.9 Å². The van der Waals surface area contributed by atoms with Gasteiger partial charge in [0.05, 0.1) is 34.6 Å². The number of carbonyl (C=O) groups is 1. The van der Waals surface area contributed by atoms with Crippen molar-refractivity contribution in [3.05, 3.63) is 35.9 Å². The summed E-state index contributed by atoms with van der Waals surface area (Å²) in [6.45, 7) is 16.4. The third-order valence-electron chi connectivity index (χ3n) is 6.94. The summed E-state index contributed by atoms with van der Waals surface area (Å²) >= 11 is 0. The summed E-state index contributed by atoms with van der Waals surface area (Å²) in [6.07, 6.45) is 0.492. The molecule has 0 radical (unpaired) electrons. The molecular formula is C22H34B2O6. The summed E-state index contributed by atoms with van der Waals surface area (Å²) in [7, 11) is -1.06. The summed E-state index contributed by atoms with van der Waals surface area (Å²) < 4.78 is 30.7. The molecule has 1 aromatic rings. The molecule has 1 aromatic carbocycles. The van der Waals surface area contributed by atoms with Crippen molar-refractivity contribution in [3.8, 4) is 0 Å². The third kappa shape index (κ3) is 4.47. The van der Waals surface area contributed by atoms with Crippen LogP contribution >= 0.6 is 0 Å². The first-order chi connectivity index (χ1) is 13.8. The van der Waals surface area contributed by atoms with Crippen LogP contribution in [0.2, 0.25) is 5.72 Å². The lowest BCUT2D eigenvalue weighted by Gasteiger charge is -2.32. The van der Waals surface area contributed by atoms with E-state index >= 15 is 0 Å². The van der Waals surface area contributed by atoms with E-state index in [1.54, 1.807) is 12.1 Å². The molecule has 2 heterocycles. The molecule has 0 saturated carbocycles. The second-order valence-corrected chi connectivity index (χ2v) is 10.2. The lowest BCUT2D eigenvalue weighted by Crippen LogP contribution is -2.41. The minimum Gasteiger partial charge on any atom is -0.462 e. The summed E-state index contributed by atoms with van der Waals surface area (Å²) in [5, 5.41) is 0. The van der Waals surface area contributed by atoms with Crippen LogP contribution < -0.4 is 0 Å². The molecular weight excluding hydrogens is 382 g/mol. The zero-order valence-corrected chi connectivity index (χ0v) is 19.5. The van der Waals surface area contributed by atoms with Gasteiger partial charge < -0.3 is 23.4 Å². The van der Waals surface area contributed by atoms with Gasteiger partial charge in [-0.25, -0.2) is 4.79 Å². The van der Waals surface area contributed by atoms with E-state index in [1.807, 2.05) is 73.6 Å². The lowest BCUT2D eigenvalue weighted by atomic mass is 9.50. The highest BCUT2D eigenvalue weighted by atomic mass is 16.7. The van der Waals surface area contributed by atoms with Crippen LogP contribution in [0, 0.1) is 0 Å². The second kappa shape index (κ2) is 7.97. The molecule has 2 aliphatic rings. The Kier molecular flexibility index (Phi) is 6.20. The predicted octanol–water partition coefficient (Wildman–Crippen LogP) is 4.33. The molecule has 2 fully saturated rings. The number of ether oxygens (including phenoxy) is 1. The Bertz CT molecular complexity index is 694. The maximum absolute atomic E-state index is 12.3. The van der Waals surface area contributed by atoms with Crippen molar-refractivity contribution in [2.75, 3.05) is 6.61 Å². The van der Waals surface area contributed by atoms with E-state index in [0.29, 0.717) is 12.0 Å². The van der Waals surface area contributed by atoms with Gasteiger partial charge in [-0.05, 0) is 73.9 Å². The van der Waals surface area contributed by atoms with E-state index in [2.05, 4.69) is 0 Å². The number of benzene rings is 1. The van der Waals surface area contributed by atoms with Gasteiger partial charge in [0.15, 0.2) is 0 Å². The van der Waals surface area contributed by atoms with E-state index in [4.69, 9.17) is 23.4 Å². The highest BCUT2D eigenvalue weighted by molar-refractivity contribution is 6.68. The zero-order chi connectivity index (χ0) is 22.4. The number of hydrogen-bond acceptors (Lipinski definition) is 6. The number of carbonyl (C=O) groups excluding carboxylic acids is 1. The largest absolute Gasteiger partial charge is 0.462 e. The lowest BCUT2D eigenvalue weighted by molar-refractivity contribution is 0.00578. The third-order valence-corrected chi connectivity index (χ3v) is 6.94. The van der Waals surface area contributed by atoms with Gasteiger partial charge in [0.1, 0.15) is 0 Å². The van der Waals surface area contributed by atoms with Crippen molar-refractivity contribution in [2.24, 2.45) is 0 Å².